The highest BCUT2D eigenvalue weighted by Gasteiger charge is 2.48. The Hall–Kier alpha value is -2.44. The first-order chi connectivity index (χ1) is 14.1. The molecule has 2 fully saturated rings. The zero-order valence-electron chi connectivity index (χ0n) is 16.7. The number of anilines is 1. The molecule has 2 aromatic rings. The van der Waals surface area contributed by atoms with Gasteiger partial charge in [0, 0.05) is 50.3 Å². The molecule has 0 saturated carbocycles. The summed E-state index contributed by atoms with van der Waals surface area (Å²) in [5.74, 6) is -0.745. The summed E-state index contributed by atoms with van der Waals surface area (Å²) in [5.41, 5.74) is 2.83. The lowest BCUT2D eigenvalue weighted by atomic mass is 9.83. The van der Waals surface area contributed by atoms with Crippen molar-refractivity contribution in [3.05, 3.63) is 53.3 Å². The van der Waals surface area contributed by atoms with Crippen molar-refractivity contribution in [3.8, 4) is 11.1 Å². The van der Waals surface area contributed by atoms with Gasteiger partial charge in [0.05, 0.1) is 5.56 Å². The second kappa shape index (κ2) is 7.11. The number of hydrogen-bond acceptors (Lipinski definition) is 5. The van der Waals surface area contributed by atoms with Crippen LogP contribution in [0.3, 0.4) is 0 Å². The molecule has 0 amide bonds. The van der Waals surface area contributed by atoms with Crippen molar-refractivity contribution < 1.29 is 13.9 Å². The highest BCUT2D eigenvalue weighted by atomic mass is 19.1. The first kappa shape index (κ1) is 18.6. The smallest absolute Gasteiger partial charge is 0.339 e. The predicted molar refractivity (Wildman–Crippen MR) is 111 cm³/mol. The van der Waals surface area contributed by atoms with Crippen LogP contribution in [0.5, 0.6) is 0 Å². The highest BCUT2D eigenvalue weighted by Crippen LogP contribution is 2.45. The second-order valence-corrected chi connectivity index (χ2v) is 8.35. The van der Waals surface area contributed by atoms with Crippen LogP contribution in [0.15, 0.2) is 36.4 Å². The van der Waals surface area contributed by atoms with E-state index in [1.165, 1.54) is 5.69 Å². The number of hydrogen-bond donors (Lipinski definition) is 1. The number of ether oxygens (including phenoxy) is 1. The van der Waals surface area contributed by atoms with Gasteiger partial charge in [0.2, 0.25) is 0 Å². The van der Waals surface area contributed by atoms with Crippen molar-refractivity contribution in [3.63, 3.8) is 0 Å². The lowest BCUT2D eigenvalue weighted by Crippen LogP contribution is -2.44. The summed E-state index contributed by atoms with van der Waals surface area (Å²) in [7, 11) is 2.14. The van der Waals surface area contributed by atoms with E-state index in [1.807, 2.05) is 12.1 Å². The third-order valence-corrected chi connectivity index (χ3v) is 6.53. The van der Waals surface area contributed by atoms with E-state index in [0.29, 0.717) is 29.5 Å². The van der Waals surface area contributed by atoms with Crippen LogP contribution < -0.4 is 10.2 Å². The fourth-order valence-electron chi connectivity index (χ4n) is 4.79. The molecule has 3 aliphatic heterocycles. The maximum atomic E-state index is 15.2. The van der Waals surface area contributed by atoms with Crippen LogP contribution in [0.1, 0.15) is 28.8 Å². The predicted octanol–water partition coefficient (Wildman–Crippen LogP) is 2.99. The summed E-state index contributed by atoms with van der Waals surface area (Å²) in [6.07, 6.45) is 1.23. The second-order valence-electron chi connectivity index (χ2n) is 8.35. The van der Waals surface area contributed by atoms with Gasteiger partial charge in [-0.1, -0.05) is 12.1 Å². The van der Waals surface area contributed by atoms with E-state index in [2.05, 4.69) is 34.3 Å². The van der Waals surface area contributed by atoms with Crippen LogP contribution >= 0.6 is 0 Å². The molecule has 0 aliphatic carbocycles. The van der Waals surface area contributed by atoms with Gasteiger partial charge in [0.25, 0.3) is 0 Å². The molecule has 0 unspecified atom stereocenters. The lowest BCUT2D eigenvalue weighted by Gasteiger charge is -2.34. The number of nitrogens with one attached hydrogen (secondary N) is 1. The van der Waals surface area contributed by atoms with Gasteiger partial charge in [-0.05, 0) is 55.5 Å². The molecular formula is C23H26FN3O2. The Kier molecular flexibility index (Phi) is 4.56. The first-order valence-corrected chi connectivity index (χ1v) is 10.4. The number of piperidine rings is 1. The molecule has 0 bridgehead atoms. The zero-order valence-corrected chi connectivity index (χ0v) is 16.7. The molecule has 6 heteroatoms. The fourth-order valence-corrected chi connectivity index (χ4v) is 4.79. The molecule has 2 aromatic carbocycles. The Balaban J connectivity index is 1.45. The SMILES string of the molecule is CN1CCN(c2ccc(-c3cc(F)c4c(c3)C(=O)OC43CCNCC3)cc2)CC1. The van der Waals surface area contributed by atoms with E-state index in [4.69, 9.17) is 4.74 Å². The molecule has 29 heavy (non-hydrogen) atoms. The van der Waals surface area contributed by atoms with Gasteiger partial charge in [-0.3, -0.25) is 0 Å². The zero-order chi connectivity index (χ0) is 20.0. The number of rotatable bonds is 2. The summed E-state index contributed by atoms with van der Waals surface area (Å²) in [6, 6.07) is 11.5. The standard InChI is InChI=1S/C23H26FN3O2/c1-26-10-12-27(13-11-26)18-4-2-16(3-5-18)17-14-19-21(20(24)15-17)23(29-22(19)28)6-8-25-9-7-23/h2-5,14-15,25H,6-13H2,1H3. The van der Waals surface area contributed by atoms with Gasteiger partial charge in [0.15, 0.2) is 0 Å². The van der Waals surface area contributed by atoms with E-state index < -0.39 is 11.6 Å². The molecule has 3 heterocycles. The molecule has 5 rings (SSSR count). The number of nitrogens with zero attached hydrogens (tertiary/aromatic N) is 2. The van der Waals surface area contributed by atoms with Gasteiger partial charge >= 0.3 is 5.97 Å². The van der Waals surface area contributed by atoms with Crippen molar-refractivity contribution in [1.82, 2.24) is 10.2 Å². The van der Waals surface area contributed by atoms with Crippen LogP contribution in [0.2, 0.25) is 0 Å². The van der Waals surface area contributed by atoms with Crippen LogP contribution in [0.4, 0.5) is 10.1 Å². The Morgan fingerprint density at radius 3 is 2.38 bits per heavy atom. The molecular weight excluding hydrogens is 369 g/mol. The monoisotopic (exact) mass is 395 g/mol. The number of likely N-dealkylation sites (N-methyl/N-ethyl adjacent to an activating group) is 1. The minimum atomic E-state index is -0.800. The number of piperazine rings is 1. The average molecular weight is 395 g/mol. The van der Waals surface area contributed by atoms with Crippen molar-refractivity contribution in [2.45, 2.75) is 18.4 Å². The maximum absolute atomic E-state index is 15.2. The van der Waals surface area contributed by atoms with Gasteiger partial charge < -0.3 is 19.9 Å². The highest BCUT2D eigenvalue weighted by molar-refractivity contribution is 5.96. The Morgan fingerprint density at radius 1 is 1.00 bits per heavy atom. The lowest BCUT2D eigenvalue weighted by molar-refractivity contribution is -0.0255. The van der Waals surface area contributed by atoms with E-state index in [9.17, 15) is 4.79 Å². The van der Waals surface area contributed by atoms with E-state index in [-0.39, 0.29) is 5.82 Å². The Labute approximate surface area is 170 Å². The number of fused-ring (bicyclic) bond motifs is 2. The summed E-state index contributed by atoms with van der Waals surface area (Å²) in [5, 5.41) is 3.25. The minimum absolute atomic E-state index is 0.339. The number of benzene rings is 2. The molecule has 0 aromatic heterocycles. The largest absolute Gasteiger partial charge is 0.450 e. The van der Waals surface area contributed by atoms with Crippen molar-refractivity contribution in [2.75, 3.05) is 51.2 Å². The van der Waals surface area contributed by atoms with E-state index >= 15 is 4.39 Å². The van der Waals surface area contributed by atoms with Crippen molar-refractivity contribution >= 4 is 11.7 Å². The van der Waals surface area contributed by atoms with Gasteiger partial charge in [0.1, 0.15) is 11.4 Å². The number of esters is 1. The molecule has 0 atom stereocenters. The summed E-state index contributed by atoms with van der Waals surface area (Å²) >= 11 is 0. The topological polar surface area (TPSA) is 44.8 Å². The Morgan fingerprint density at radius 2 is 1.69 bits per heavy atom. The van der Waals surface area contributed by atoms with E-state index in [1.54, 1.807) is 12.1 Å². The van der Waals surface area contributed by atoms with Crippen LogP contribution in [-0.4, -0.2) is 57.2 Å². The third-order valence-electron chi connectivity index (χ3n) is 6.53. The molecule has 3 aliphatic rings. The van der Waals surface area contributed by atoms with E-state index in [0.717, 1.165) is 44.8 Å². The summed E-state index contributed by atoms with van der Waals surface area (Å²) < 4.78 is 20.9. The third kappa shape index (κ3) is 3.20. The van der Waals surface area contributed by atoms with Crippen LogP contribution in [-0.2, 0) is 10.3 Å². The first-order valence-electron chi connectivity index (χ1n) is 10.4. The number of carbonyl (C=O) groups is 1. The minimum Gasteiger partial charge on any atom is -0.450 e. The quantitative estimate of drug-likeness (QED) is 0.792. The summed E-state index contributed by atoms with van der Waals surface area (Å²) in [4.78, 5) is 17.2. The molecule has 2 saturated heterocycles. The maximum Gasteiger partial charge on any atom is 0.339 e. The van der Waals surface area contributed by atoms with Crippen LogP contribution in [0.25, 0.3) is 11.1 Å². The average Bonchev–Trinajstić information content (AvgIpc) is 3.00. The normalized spacial score (nSPS) is 21.3. The van der Waals surface area contributed by atoms with Crippen LogP contribution in [0, 0.1) is 5.82 Å². The van der Waals surface area contributed by atoms with Crippen molar-refractivity contribution in [1.29, 1.82) is 0 Å². The number of carbonyl (C=O) groups excluding carboxylic acids is 1. The van der Waals surface area contributed by atoms with Gasteiger partial charge in [-0.15, -0.1) is 0 Å². The number of halogens is 1. The fraction of sp³-hybridized carbons (Fsp3) is 0.435. The molecule has 1 N–H and O–H groups in total. The summed E-state index contributed by atoms with van der Waals surface area (Å²) in [6.45, 7) is 5.57. The molecule has 5 nitrogen and oxygen atoms in total. The molecule has 152 valence electrons. The Bertz CT molecular complexity index is 930. The van der Waals surface area contributed by atoms with Gasteiger partial charge in [-0.25, -0.2) is 9.18 Å². The van der Waals surface area contributed by atoms with Gasteiger partial charge in [-0.2, -0.15) is 0 Å². The molecule has 0 radical (unpaired) electrons. The van der Waals surface area contributed by atoms with Crippen molar-refractivity contribution in [2.24, 2.45) is 0 Å². The molecule has 1 spiro atoms.